The Hall–Kier alpha value is -2.05. The monoisotopic (exact) mass is 302 g/mol. The lowest BCUT2D eigenvalue weighted by Crippen LogP contribution is -2.32. The second kappa shape index (κ2) is 16.0. The highest BCUT2D eigenvalue weighted by atomic mass is 16.2. The number of rotatable bonds is 5. The summed E-state index contributed by atoms with van der Waals surface area (Å²) in [6.45, 7) is 11.6. The Morgan fingerprint density at radius 3 is 1.67 bits per heavy atom. The Morgan fingerprint density at radius 1 is 0.952 bits per heavy atom. The number of Topliss-reactive ketones (excluding diaryl/α,β-unsaturated/α-hetero) is 1. The number of carbonyl (C=O) groups is 3. The summed E-state index contributed by atoms with van der Waals surface area (Å²) in [4.78, 5) is 31.4. The number of nitrogens with one attached hydrogen (secondary N) is 2. The minimum atomic E-state index is -0.443. The predicted molar refractivity (Wildman–Crippen MR) is 85.5 cm³/mol. The molecule has 7 nitrogen and oxygen atoms in total. The highest BCUT2D eigenvalue weighted by molar-refractivity contribution is 5.95. The standard InChI is InChI=1S/C8H14N2O2.C4H10N2O.C2H6/c1-5(2)7(9)8(12)10-4-6(3)11;1-2-3-6-4(5)7;1-2/h4,9H2,1-3H3,(H,10,12);2-3H2,1H3,(H3,5,6,7);1-2H3. The predicted octanol–water partition coefficient (Wildman–Crippen LogP) is 1.04. The van der Waals surface area contributed by atoms with Crippen molar-refractivity contribution < 1.29 is 14.4 Å². The number of hydrogen-bond donors (Lipinski definition) is 4. The summed E-state index contributed by atoms with van der Waals surface area (Å²) in [6.07, 6.45) is 0.933. The number of nitrogens with two attached hydrogens (primary N) is 2. The third kappa shape index (κ3) is 20.4. The molecule has 21 heavy (non-hydrogen) atoms. The van der Waals surface area contributed by atoms with Crippen molar-refractivity contribution in [3.8, 4) is 0 Å². The largest absolute Gasteiger partial charge is 0.394 e. The number of carbonyl (C=O) groups excluding carboxylic acids is 3. The number of urea groups is 1. The van der Waals surface area contributed by atoms with Crippen LogP contribution in [0.5, 0.6) is 0 Å². The molecule has 0 fully saturated rings. The molecule has 0 rings (SSSR count). The van der Waals surface area contributed by atoms with Crippen LogP contribution in [0.4, 0.5) is 4.79 Å². The van der Waals surface area contributed by atoms with Gasteiger partial charge < -0.3 is 22.1 Å². The number of allylic oxidation sites excluding steroid dienone is 1. The lowest BCUT2D eigenvalue weighted by Gasteiger charge is -2.03. The van der Waals surface area contributed by atoms with Gasteiger partial charge in [-0.25, -0.2) is 4.79 Å². The third-order valence-electron chi connectivity index (χ3n) is 1.83. The zero-order chi connectivity index (χ0) is 17.4. The summed E-state index contributed by atoms with van der Waals surface area (Å²) in [5, 5.41) is 4.83. The van der Waals surface area contributed by atoms with Crippen LogP contribution in [-0.4, -0.2) is 30.8 Å². The normalized spacial score (nSPS) is 8.10. The van der Waals surface area contributed by atoms with E-state index in [1.165, 1.54) is 6.92 Å². The number of amides is 3. The number of hydrogen-bond acceptors (Lipinski definition) is 4. The van der Waals surface area contributed by atoms with Crippen LogP contribution in [0.3, 0.4) is 0 Å². The minimum Gasteiger partial charge on any atom is -0.394 e. The van der Waals surface area contributed by atoms with E-state index < -0.39 is 6.03 Å². The van der Waals surface area contributed by atoms with Gasteiger partial charge in [0.1, 0.15) is 5.78 Å². The van der Waals surface area contributed by atoms with Gasteiger partial charge in [-0.2, -0.15) is 0 Å². The zero-order valence-corrected chi connectivity index (χ0v) is 14.0. The Kier molecular flexibility index (Phi) is 18.3. The van der Waals surface area contributed by atoms with Gasteiger partial charge in [0.25, 0.3) is 5.91 Å². The van der Waals surface area contributed by atoms with E-state index in [-0.39, 0.29) is 23.9 Å². The highest BCUT2D eigenvalue weighted by Gasteiger charge is 2.06. The Morgan fingerprint density at radius 2 is 1.43 bits per heavy atom. The van der Waals surface area contributed by atoms with Gasteiger partial charge in [0, 0.05) is 6.54 Å². The van der Waals surface area contributed by atoms with E-state index in [9.17, 15) is 14.4 Å². The van der Waals surface area contributed by atoms with E-state index in [1.54, 1.807) is 13.8 Å². The van der Waals surface area contributed by atoms with Crippen LogP contribution < -0.4 is 22.1 Å². The smallest absolute Gasteiger partial charge is 0.312 e. The summed E-state index contributed by atoms with van der Waals surface area (Å²) in [7, 11) is 0. The molecule has 0 atom stereocenters. The second-order valence-corrected chi connectivity index (χ2v) is 4.09. The first kappa shape index (κ1) is 24.0. The zero-order valence-electron chi connectivity index (χ0n) is 14.0. The van der Waals surface area contributed by atoms with Crippen molar-refractivity contribution in [1.29, 1.82) is 0 Å². The Balaban J connectivity index is -0.000000307. The van der Waals surface area contributed by atoms with Gasteiger partial charge in [0.05, 0.1) is 12.2 Å². The van der Waals surface area contributed by atoms with Crippen molar-refractivity contribution in [2.75, 3.05) is 13.1 Å². The molecule has 0 saturated carbocycles. The molecule has 0 aromatic carbocycles. The maximum atomic E-state index is 11.0. The van der Waals surface area contributed by atoms with Crippen LogP contribution in [0.2, 0.25) is 0 Å². The molecule has 0 heterocycles. The maximum Gasteiger partial charge on any atom is 0.312 e. The van der Waals surface area contributed by atoms with Crippen molar-refractivity contribution in [2.45, 2.75) is 48.0 Å². The summed E-state index contributed by atoms with van der Waals surface area (Å²) in [6, 6.07) is -0.443. The molecule has 7 heteroatoms. The fraction of sp³-hybridized carbons (Fsp3) is 0.643. The van der Waals surface area contributed by atoms with Gasteiger partial charge in [0.15, 0.2) is 0 Å². The molecule has 0 aromatic rings. The average Bonchev–Trinajstić information content (AvgIpc) is 2.44. The van der Waals surface area contributed by atoms with Gasteiger partial charge in [0.2, 0.25) is 0 Å². The van der Waals surface area contributed by atoms with E-state index in [0.717, 1.165) is 12.0 Å². The van der Waals surface area contributed by atoms with Crippen LogP contribution in [0.25, 0.3) is 0 Å². The van der Waals surface area contributed by atoms with Gasteiger partial charge >= 0.3 is 6.03 Å². The first-order chi connectivity index (χ1) is 9.72. The van der Waals surface area contributed by atoms with Crippen molar-refractivity contribution in [3.63, 3.8) is 0 Å². The van der Waals surface area contributed by atoms with Gasteiger partial charge in [-0.3, -0.25) is 9.59 Å². The molecule has 0 saturated heterocycles. The van der Waals surface area contributed by atoms with Crippen molar-refractivity contribution in [2.24, 2.45) is 11.5 Å². The molecule has 0 bridgehead atoms. The maximum absolute atomic E-state index is 11.0. The topological polar surface area (TPSA) is 127 Å². The lowest BCUT2D eigenvalue weighted by atomic mass is 10.2. The van der Waals surface area contributed by atoms with Crippen molar-refractivity contribution in [3.05, 3.63) is 11.3 Å². The van der Waals surface area contributed by atoms with E-state index in [2.05, 4.69) is 10.6 Å². The van der Waals surface area contributed by atoms with E-state index in [4.69, 9.17) is 11.5 Å². The van der Waals surface area contributed by atoms with Crippen LogP contribution in [-0.2, 0) is 9.59 Å². The molecule has 0 aliphatic heterocycles. The molecule has 0 spiro atoms. The summed E-state index contributed by atoms with van der Waals surface area (Å²) < 4.78 is 0. The number of ketones is 1. The fourth-order valence-electron chi connectivity index (χ4n) is 0.775. The Labute approximate surface area is 127 Å². The quantitative estimate of drug-likeness (QED) is 0.566. The lowest BCUT2D eigenvalue weighted by molar-refractivity contribution is -0.122. The van der Waals surface area contributed by atoms with E-state index in [1.807, 2.05) is 20.8 Å². The fourth-order valence-corrected chi connectivity index (χ4v) is 0.775. The van der Waals surface area contributed by atoms with Gasteiger partial charge in [-0.1, -0.05) is 20.8 Å². The summed E-state index contributed by atoms with van der Waals surface area (Å²) in [5.41, 5.74) is 11.1. The highest BCUT2D eigenvalue weighted by Crippen LogP contribution is 1.94. The molecule has 0 unspecified atom stereocenters. The third-order valence-corrected chi connectivity index (χ3v) is 1.83. The first-order valence-corrected chi connectivity index (χ1v) is 6.96. The van der Waals surface area contributed by atoms with Crippen LogP contribution in [0.1, 0.15) is 48.0 Å². The first-order valence-electron chi connectivity index (χ1n) is 6.96. The molecule has 0 aliphatic carbocycles. The van der Waals surface area contributed by atoms with Crippen LogP contribution in [0.15, 0.2) is 11.3 Å². The van der Waals surface area contributed by atoms with Crippen molar-refractivity contribution in [1.82, 2.24) is 10.6 Å². The van der Waals surface area contributed by atoms with E-state index >= 15 is 0 Å². The van der Waals surface area contributed by atoms with Crippen LogP contribution in [0, 0.1) is 0 Å². The summed E-state index contributed by atoms with van der Waals surface area (Å²) in [5.74, 6) is -0.477. The molecule has 3 amide bonds. The molecule has 124 valence electrons. The molecule has 0 aromatic heterocycles. The molecular weight excluding hydrogens is 272 g/mol. The summed E-state index contributed by atoms with van der Waals surface area (Å²) >= 11 is 0. The SMILES string of the molecule is CC.CC(=O)CNC(=O)C(N)=C(C)C.CCCNC(N)=O. The van der Waals surface area contributed by atoms with Crippen LogP contribution >= 0.6 is 0 Å². The average molecular weight is 302 g/mol. The second-order valence-electron chi connectivity index (χ2n) is 4.09. The molecule has 0 aliphatic rings. The Bertz CT molecular complexity index is 348. The molecule has 0 radical (unpaired) electrons. The number of primary amides is 1. The minimum absolute atomic E-state index is 0.0345. The van der Waals surface area contributed by atoms with Crippen molar-refractivity contribution >= 4 is 17.7 Å². The molecule has 6 N–H and O–H groups in total. The molecular formula is C14H30N4O3. The van der Waals surface area contributed by atoms with Gasteiger partial charge in [-0.15, -0.1) is 0 Å². The van der Waals surface area contributed by atoms with E-state index in [0.29, 0.717) is 6.54 Å². The van der Waals surface area contributed by atoms with Gasteiger partial charge in [-0.05, 0) is 32.8 Å².